The summed E-state index contributed by atoms with van der Waals surface area (Å²) in [5, 5.41) is 22.2. The van der Waals surface area contributed by atoms with Gasteiger partial charge in [0.25, 0.3) is 0 Å². The Bertz CT molecular complexity index is 2400. The summed E-state index contributed by atoms with van der Waals surface area (Å²) in [5.41, 5.74) is 0. The Kier molecular flexibility index (Phi) is 33.1. The van der Waals surface area contributed by atoms with Gasteiger partial charge in [-0.15, -0.1) is 0 Å². The lowest BCUT2D eigenvalue weighted by Gasteiger charge is -2.42. The fourth-order valence-electron chi connectivity index (χ4n) is 11.3. The zero-order valence-electron chi connectivity index (χ0n) is 58.1. The lowest BCUT2D eigenvalue weighted by Crippen LogP contribution is -2.64. The third kappa shape index (κ3) is 21.8. The van der Waals surface area contributed by atoms with Crippen LogP contribution in [0.25, 0.3) is 0 Å². The number of carbonyl (C=O) groups excluding carboxylic acids is 11. The molecule has 5 N–H and O–H groups in total. The first-order valence-electron chi connectivity index (χ1n) is 31.6. The van der Waals surface area contributed by atoms with Crippen LogP contribution in [0.1, 0.15) is 157 Å². The van der Waals surface area contributed by atoms with E-state index in [0.717, 1.165) is 14.7 Å². The summed E-state index contributed by atoms with van der Waals surface area (Å²) in [7, 11) is 10.1. The van der Waals surface area contributed by atoms with Gasteiger partial charge in [-0.05, 0) is 95.3 Å². The van der Waals surface area contributed by atoms with Crippen molar-refractivity contribution in [3.8, 4) is 0 Å². The predicted molar refractivity (Wildman–Crippen MR) is 339 cm³/mol. The van der Waals surface area contributed by atoms with Crippen molar-refractivity contribution in [1.29, 1.82) is 0 Å². The lowest BCUT2D eigenvalue weighted by atomic mass is 9.91. The molecule has 0 aliphatic carbocycles. The molecule has 1 aliphatic rings. The highest BCUT2D eigenvalue weighted by Gasteiger charge is 2.47. The van der Waals surface area contributed by atoms with Gasteiger partial charge in [0.1, 0.15) is 60.5 Å². The number of allylic oxidation sites excluding steroid dienone is 2. The molecule has 14 unspecified atom stereocenters. The van der Waals surface area contributed by atoms with E-state index in [1.165, 1.54) is 82.7 Å². The molecule has 1 heterocycles. The third-order valence-electron chi connectivity index (χ3n) is 17.0. The van der Waals surface area contributed by atoms with Crippen LogP contribution in [0.2, 0.25) is 0 Å². The van der Waals surface area contributed by atoms with Crippen molar-refractivity contribution >= 4 is 65.0 Å². The summed E-state index contributed by atoms with van der Waals surface area (Å²) in [6.07, 6.45) is 3.35. The molecule has 0 bridgehead atoms. The van der Waals surface area contributed by atoms with E-state index >= 15 is 19.2 Å². The van der Waals surface area contributed by atoms with E-state index < -0.39 is 168 Å². The molecule has 24 heteroatoms. The van der Waals surface area contributed by atoms with Gasteiger partial charge < -0.3 is 65.4 Å². The van der Waals surface area contributed by atoms with E-state index in [0.29, 0.717) is 6.42 Å². The zero-order valence-corrected chi connectivity index (χ0v) is 58.1. The number of aliphatic hydroxyl groups excluding tert-OH is 1. The molecular weight excluding hydrogens is 1130 g/mol. The second-order valence-corrected chi connectivity index (χ2v) is 26.5. The number of carbonyl (C=O) groups is 11. The van der Waals surface area contributed by atoms with Gasteiger partial charge >= 0.3 is 5.97 Å². The molecule has 1 rings (SSSR count). The summed E-state index contributed by atoms with van der Waals surface area (Å²) in [5.74, 6) is -10.1. The van der Waals surface area contributed by atoms with Crippen LogP contribution >= 0.6 is 0 Å². The summed E-state index contributed by atoms with van der Waals surface area (Å²) < 4.78 is 5.94. The Morgan fingerprint density at radius 1 is 0.545 bits per heavy atom. The maximum Gasteiger partial charge on any atom is 0.303 e. The topological polar surface area (TPSA) is 288 Å². The maximum atomic E-state index is 15.4. The van der Waals surface area contributed by atoms with Gasteiger partial charge in [0, 0.05) is 81.4 Å². The number of nitrogens with zero attached hydrogens (tertiary/aromatic N) is 7. The molecule has 24 nitrogen and oxygen atoms in total. The van der Waals surface area contributed by atoms with Gasteiger partial charge in [0.05, 0.1) is 6.04 Å². The molecule has 0 aromatic carbocycles. The van der Waals surface area contributed by atoms with Crippen LogP contribution < -0.4 is 21.3 Å². The van der Waals surface area contributed by atoms with E-state index in [9.17, 15) is 38.7 Å². The molecule has 0 spiro atoms. The van der Waals surface area contributed by atoms with E-state index in [1.54, 1.807) is 75.4 Å². The molecule has 0 aromatic rings. The van der Waals surface area contributed by atoms with Crippen LogP contribution in [0.5, 0.6) is 0 Å². The molecule has 0 saturated carbocycles. The van der Waals surface area contributed by atoms with Gasteiger partial charge in [0.2, 0.25) is 59.1 Å². The summed E-state index contributed by atoms with van der Waals surface area (Å²) in [6.45, 7) is 30.5. The molecule has 0 aromatic heterocycles. The van der Waals surface area contributed by atoms with Crippen LogP contribution in [-0.4, -0.2) is 239 Å². The highest BCUT2D eigenvalue weighted by molar-refractivity contribution is 5.99. The lowest BCUT2D eigenvalue weighted by molar-refractivity contribution is -0.164. The number of esters is 1. The Morgan fingerprint density at radius 2 is 1.02 bits per heavy atom. The summed E-state index contributed by atoms with van der Waals surface area (Å²) in [4.78, 5) is 170. The predicted octanol–water partition coefficient (Wildman–Crippen LogP) is 3.28. The molecule has 10 amide bonds. The number of nitrogens with one attached hydrogen (secondary N) is 4. The van der Waals surface area contributed by atoms with Crippen LogP contribution in [0.15, 0.2) is 12.2 Å². The van der Waals surface area contributed by atoms with E-state index in [1.807, 2.05) is 47.6 Å². The van der Waals surface area contributed by atoms with Crippen molar-refractivity contribution in [2.75, 3.05) is 62.5 Å². The van der Waals surface area contributed by atoms with Crippen molar-refractivity contribution in [2.45, 2.75) is 229 Å². The van der Waals surface area contributed by atoms with Crippen molar-refractivity contribution in [3.63, 3.8) is 0 Å². The van der Waals surface area contributed by atoms with E-state index in [4.69, 9.17) is 4.74 Å². The maximum absolute atomic E-state index is 15.4. The molecule has 1 saturated heterocycles. The van der Waals surface area contributed by atoms with E-state index in [-0.39, 0.29) is 50.0 Å². The second-order valence-electron chi connectivity index (χ2n) is 26.5. The minimum absolute atomic E-state index is 0.0213. The highest BCUT2D eigenvalue weighted by atomic mass is 16.5. The minimum Gasteiger partial charge on any atom is -0.459 e. The largest absolute Gasteiger partial charge is 0.459 e. The first kappa shape index (κ1) is 79.8. The Balaban J connectivity index is 4.45. The van der Waals surface area contributed by atoms with Gasteiger partial charge in [-0.2, -0.15) is 0 Å². The van der Waals surface area contributed by atoms with Gasteiger partial charge in [0.15, 0.2) is 0 Å². The van der Waals surface area contributed by atoms with Crippen molar-refractivity contribution in [1.82, 2.24) is 55.6 Å². The molecule has 14 atom stereocenters. The third-order valence-corrected chi connectivity index (χ3v) is 17.0. The fourth-order valence-corrected chi connectivity index (χ4v) is 11.3. The second kappa shape index (κ2) is 36.5. The molecule has 504 valence electrons. The average molecular weight is 1250 g/mol. The fraction of sp³-hybridized carbons (Fsp3) is 0.797. The van der Waals surface area contributed by atoms with Crippen molar-refractivity contribution in [3.05, 3.63) is 12.2 Å². The van der Waals surface area contributed by atoms with Crippen molar-refractivity contribution < 1.29 is 62.6 Å². The van der Waals surface area contributed by atoms with Crippen molar-refractivity contribution in [2.24, 2.45) is 41.4 Å². The van der Waals surface area contributed by atoms with Crippen LogP contribution in [0.3, 0.4) is 0 Å². The van der Waals surface area contributed by atoms with Crippen LogP contribution in [0, 0.1) is 41.4 Å². The first-order chi connectivity index (χ1) is 40.7. The Morgan fingerprint density at radius 3 is 1.48 bits per heavy atom. The minimum atomic E-state index is -1.62. The summed E-state index contributed by atoms with van der Waals surface area (Å²) in [6, 6.07) is -12.8. The van der Waals surface area contributed by atoms with Gasteiger partial charge in [-0.1, -0.05) is 102 Å². The Labute approximate surface area is 526 Å². The standard InChI is InChI=1S/C64H115N11O13/c1-26-28-29-40(13)54(88-45(18)77)53-57(80)67-47(27-2)60(83)69(19)44(17)59(82)74(24)52(41(14)34-76)56(79)68-50(38(9)10)63(86)70(20)46(30-35(3)4)33-65-42(15)55(78)66-43(16)58(81)71(21)48(31-36(5)6)61(84)72(22)49(32-37(7)8)62(85)73(23)51(39(11)12)64(87)75(53)25/h26,28,35-44,46-54,65,76H,27,29-34H2,1-25H3,(H,66,78)(H,67,80)(H,68,79). The van der Waals surface area contributed by atoms with Crippen LogP contribution in [0.4, 0.5) is 0 Å². The SMILES string of the molecule is CC=CCC(C)C(OC(C)=O)C1C(=O)NC(CC)C(=O)N(C)C(C)C(=O)N(C)C(C(C)CO)C(=O)NC(C(C)C)C(=O)N(C)C(CC(C)C)CNC(C)C(=O)NC(C)C(=O)N(C)C(CC(C)C)C(=O)N(C)C(CC(C)C)C(=O)N(C)C(C(C)C)C(=O)N1C. The van der Waals surface area contributed by atoms with E-state index in [2.05, 4.69) is 21.3 Å². The molecule has 1 fully saturated rings. The number of likely N-dealkylation sites (N-methyl/N-ethyl adjacent to an activating group) is 7. The van der Waals surface area contributed by atoms with Gasteiger partial charge in [-0.3, -0.25) is 52.7 Å². The quantitative estimate of drug-likeness (QED) is 0.110. The number of hydrogen-bond acceptors (Lipinski definition) is 14. The monoisotopic (exact) mass is 1250 g/mol. The first-order valence-corrected chi connectivity index (χ1v) is 31.6. The summed E-state index contributed by atoms with van der Waals surface area (Å²) >= 11 is 0. The molecular formula is C64H115N11O13. The number of rotatable bonds is 16. The number of hydrogen-bond donors (Lipinski definition) is 5. The number of aliphatic hydroxyl groups is 1. The smallest absolute Gasteiger partial charge is 0.303 e. The molecule has 88 heavy (non-hydrogen) atoms. The average Bonchev–Trinajstić information content (AvgIpc) is 2.35. The van der Waals surface area contributed by atoms with Gasteiger partial charge in [-0.25, -0.2) is 0 Å². The van der Waals surface area contributed by atoms with Crippen LogP contribution in [-0.2, 0) is 57.5 Å². The highest BCUT2D eigenvalue weighted by Crippen LogP contribution is 2.27. The number of amides is 10. The Hall–Kier alpha value is -6.17. The molecule has 1 aliphatic heterocycles. The normalized spacial score (nSPS) is 27.5. The molecule has 0 radical (unpaired) electrons. The number of ether oxygens (including phenoxy) is 1. The zero-order chi connectivity index (χ0) is 68.3.